The third-order valence-corrected chi connectivity index (χ3v) is 3.25. The van der Waals surface area contributed by atoms with Gasteiger partial charge >= 0.3 is 12.0 Å². The Morgan fingerprint density at radius 3 is 2.63 bits per heavy atom. The molecule has 0 aromatic rings. The smallest absolute Gasteiger partial charge is 0.323 e. The number of aliphatic hydroxyl groups excluding tert-OH is 1. The molecule has 0 bridgehead atoms. The molecule has 6 heteroatoms. The van der Waals surface area contributed by atoms with Gasteiger partial charge in [-0.25, -0.2) is 4.79 Å². The monoisotopic (exact) mass is 270 g/mol. The molecule has 0 aromatic heterocycles. The van der Waals surface area contributed by atoms with Gasteiger partial charge < -0.3 is 20.4 Å². The molecule has 0 saturated heterocycles. The Kier molecular flexibility index (Phi) is 6.35. The second-order valence-corrected chi connectivity index (χ2v) is 4.82. The molecular formula is C13H22N2O4. The fourth-order valence-corrected chi connectivity index (χ4v) is 2.24. The first kappa shape index (κ1) is 15.5. The lowest BCUT2D eigenvalue weighted by atomic mass is 10.1. The van der Waals surface area contributed by atoms with Crippen molar-refractivity contribution < 1.29 is 19.8 Å². The molecule has 0 heterocycles. The molecule has 0 aliphatic heterocycles. The Morgan fingerprint density at radius 1 is 1.32 bits per heavy atom. The van der Waals surface area contributed by atoms with Crippen LogP contribution in [0.3, 0.4) is 0 Å². The van der Waals surface area contributed by atoms with E-state index in [2.05, 4.69) is 11.9 Å². The molecule has 2 atom stereocenters. The number of hydrogen-bond acceptors (Lipinski definition) is 3. The third-order valence-electron chi connectivity index (χ3n) is 3.25. The zero-order chi connectivity index (χ0) is 14.3. The number of urea groups is 1. The van der Waals surface area contributed by atoms with Gasteiger partial charge in [0.25, 0.3) is 0 Å². The van der Waals surface area contributed by atoms with Crippen molar-refractivity contribution in [1.82, 2.24) is 10.2 Å². The third kappa shape index (κ3) is 5.30. The molecule has 0 aromatic carbocycles. The molecule has 1 aliphatic carbocycles. The van der Waals surface area contributed by atoms with E-state index in [4.69, 9.17) is 5.11 Å². The van der Waals surface area contributed by atoms with E-state index in [0.29, 0.717) is 6.42 Å². The van der Waals surface area contributed by atoms with E-state index < -0.39 is 18.1 Å². The second-order valence-electron chi connectivity index (χ2n) is 4.82. The molecule has 6 nitrogen and oxygen atoms in total. The molecule has 2 unspecified atom stereocenters. The molecule has 108 valence electrons. The highest BCUT2D eigenvalue weighted by Crippen LogP contribution is 2.18. The summed E-state index contributed by atoms with van der Waals surface area (Å²) in [6.45, 7) is 3.30. The van der Waals surface area contributed by atoms with E-state index in [-0.39, 0.29) is 19.1 Å². The number of carboxylic acid groups (broad SMARTS) is 1. The number of amides is 2. The minimum Gasteiger partial charge on any atom is -0.480 e. The summed E-state index contributed by atoms with van der Waals surface area (Å²) in [6, 6.07) is -0.760. The summed E-state index contributed by atoms with van der Waals surface area (Å²) in [7, 11) is 0. The van der Waals surface area contributed by atoms with Crippen LogP contribution < -0.4 is 5.32 Å². The van der Waals surface area contributed by atoms with Crippen molar-refractivity contribution in [2.45, 2.75) is 44.2 Å². The van der Waals surface area contributed by atoms with Crippen molar-refractivity contribution in [2.75, 3.05) is 13.1 Å². The maximum Gasteiger partial charge on any atom is 0.323 e. The zero-order valence-electron chi connectivity index (χ0n) is 11.0. The van der Waals surface area contributed by atoms with Gasteiger partial charge in [0.15, 0.2) is 0 Å². The van der Waals surface area contributed by atoms with Crippen molar-refractivity contribution in [1.29, 1.82) is 0 Å². The van der Waals surface area contributed by atoms with Crippen LogP contribution in [0.25, 0.3) is 0 Å². The quantitative estimate of drug-likeness (QED) is 0.513. The van der Waals surface area contributed by atoms with Crippen LogP contribution in [-0.2, 0) is 4.79 Å². The summed E-state index contributed by atoms with van der Waals surface area (Å²) in [6.07, 6.45) is 5.29. The highest BCUT2D eigenvalue weighted by Gasteiger charge is 2.25. The Balaban J connectivity index is 2.58. The fraction of sp³-hybridized carbons (Fsp3) is 0.692. The van der Waals surface area contributed by atoms with Gasteiger partial charge in [-0.2, -0.15) is 0 Å². The zero-order valence-corrected chi connectivity index (χ0v) is 11.0. The van der Waals surface area contributed by atoms with Crippen LogP contribution in [0.1, 0.15) is 32.1 Å². The lowest BCUT2D eigenvalue weighted by molar-refractivity contribution is -0.137. The van der Waals surface area contributed by atoms with Crippen molar-refractivity contribution >= 4 is 12.0 Å². The fourth-order valence-electron chi connectivity index (χ4n) is 2.24. The number of aliphatic hydroxyl groups is 1. The average molecular weight is 270 g/mol. The number of aliphatic carboxylic acids is 1. The largest absolute Gasteiger partial charge is 0.480 e. The lowest BCUT2D eigenvalue weighted by Crippen LogP contribution is -2.50. The molecule has 2 amide bonds. The maximum atomic E-state index is 12.0. The predicted molar refractivity (Wildman–Crippen MR) is 70.8 cm³/mol. The van der Waals surface area contributed by atoms with Gasteiger partial charge in [-0.15, -0.1) is 6.58 Å². The van der Waals surface area contributed by atoms with E-state index in [1.165, 1.54) is 6.08 Å². The van der Waals surface area contributed by atoms with Crippen molar-refractivity contribution in [3.8, 4) is 0 Å². The standard InChI is InChI=1S/C13H22N2O4/c1-2-8-15(9-12(17)18)13(19)14-10-6-4-3-5-7-11(10)16/h2,10-11,16H,1,3-9H2,(H,14,19)(H,17,18). The number of nitrogens with one attached hydrogen (secondary N) is 1. The number of nitrogens with zero attached hydrogens (tertiary/aromatic N) is 1. The summed E-state index contributed by atoms with van der Waals surface area (Å²) < 4.78 is 0. The highest BCUT2D eigenvalue weighted by atomic mass is 16.4. The van der Waals surface area contributed by atoms with E-state index >= 15 is 0 Å². The number of carbonyl (C=O) groups is 2. The summed E-state index contributed by atoms with van der Waals surface area (Å²) in [4.78, 5) is 23.8. The Bertz CT molecular complexity index is 333. The first-order chi connectivity index (χ1) is 9.04. The summed E-state index contributed by atoms with van der Waals surface area (Å²) >= 11 is 0. The van der Waals surface area contributed by atoms with Crippen LogP contribution in [0.5, 0.6) is 0 Å². The molecule has 3 N–H and O–H groups in total. The van der Waals surface area contributed by atoms with Crippen LogP contribution in [-0.4, -0.2) is 52.3 Å². The summed E-state index contributed by atoms with van der Waals surface area (Å²) in [5.74, 6) is -1.07. The van der Waals surface area contributed by atoms with Gasteiger partial charge in [0.2, 0.25) is 0 Å². The van der Waals surface area contributed by atoms with Crippen LogP contribution in [0.4, 0.5) is 4.79 Å². The SMILES string of the molecule is C=CCN(CC(=O)O)C(=O)NC1CCCCCC1O. The van der Waals surface area contributed by atoms with Crippen molar-refractivity contribution in [3.63, 3.8) is 0 Å². The minimum atomic E-state index is -1.07. The predicted octanol–water partition coefficient (Wildman–Crippen LogP) is 0.962. The Morgan fingerprint density at radius 2 is 2.00 bits per heavy atom. The van der Waals surface area contributed by atoms with Crippen LogP contribution in [0.2, 0.25) is 0 Å². The van der Waals surface area contributed by atoms with E-state index in [1.807, 2.05) is 0 Å². The van der Waals surface area contributed by atoms with Gasteiger partial charge in [0.05, 0.1) is 12.1 Å². The Hall–Kier alpha value is -1.56. The van der Waals surface area contributed by atoms with Crippen LogP contribution >= 0.6 is 0 Å². The van der Waals surface area contributed by atoms with E-state index in [1.54, 1.807) is 0 Å². The molecular weight excluding hydrogens is 248 g/mol. The lowest BCUT2D eigenvalue weighted by Gasteiger charge is -2.26. The van der Waals surface area contributed by atoms with Gasteiger partial charge in [0.1, 0.15) is 6.54 Å². The molecule has 19 heavy (non-hydrogen) atoms. The molecule has 1 aliphatic rings. The summed E-state index contributed by atoms with van der Waals surface area (Å²) in [5.41, 5.74) is 0. The topological polar surface area (TPSA) is 89.9 Å². The number of rotatable bonds is 5. The van der Waals surface area contributed by atoms with Gasteiger partial charge in [-0.05, 0) is 12.8 Å². The van der Waals surface area contributed by atoms with Crippen molar-refractivity contribution in [2.24, 2.45) is 0 Å². The van der Waals surface area contributed by atoms with Gasteiger partial charge in [-0.1, -0.05) is 25.3 Å². The molecule has 0 radical (unpaired) electrons. The second kappa shape index (κ2) is 7.78. The first-order valence-corrected chi connectivity index (χ1v) is 6.60. The first-order valence-electron chi connectivity index (χ1n) is 6.60. The van der Waals surface area contributed by atoms with Crippen LogP contribution in [0.15, 0.2) is 12.7 Å². The molecule has 1 fully saturated rings. The molecule has 1 saturated carbocycles. The van der Waals surface area contributed by atoms with E-state index in [0.717, 1.165) is 30.6 Å². The minimum absolute atomic E-state index is 0.168. The van der Waals surface area contributed by atoms with E-state index in [9.17, 15) is 14.7 Å². The molecule has 1 rings (SSSR count). The normalized spacial score (nSPS) is 23.2. The number of carbonyl (C=O) groups excluding carboxylic acids is 1. The highest BCUT2D eigenvalue weighted by molar-refractivity contribution is 5.80. The number of hydrogen-bond donors (Lipinski definition) is 3. The van der Waals surface area contributed by atoms with Crippen molar-refractivity contribution in [3.05, 3.63) is 12.7 Å². The molecule has 0 spiro atoms. The maximum absolute atomic E-state index is 12.0. The Labute approximate surface area is 113 Å². The van der Waals surface area contributed by atoms with Gasteiger partial charge in [-0.3, -0.25) is 4.79 Å². The van der Waals surface area contributed by atoms with Gasteiger partial charge in [0, 0.05) is 6.54 Å². The van der Waals surface area contributed by atoms with Crippen LogP contribution in [0, 0.1) is 0 Å². The summed E-state index contributed by atoms with van der Waals surface area (Å²) in [5, 5.41) is 21.4. The average Bonchev–Trinajstić information content (AvgIpc) is 2.54. The number of carboxylic acids is 1.